The minimum Gasteiger partial charge on any atom is -0.364 e. The molecule has 1 atom stereocenters. The lowest BCUT2D eigenvalue weighted by Gasteiger charge is -2.11. The lowest BCUT2D eigenvalue weighted by atomic mass is 10.2. The topological polar surface area (TPSA) is 91.1 Å². The number of amides is 2. The van der Waals surface area contributed by atoms with Crippen LogP contribution in [0.5, 0.6) is 0 Å². The number of carbonyl (C=O) groups is 2. The smallest absolute Gasteiger partial charge is 0.256 e. The molecule has 0 aliphatic rings. The summed E-state index contributed by atoms with van der Waals surface area (Å²) in [6.45, 7) is 5.84. The molecule has 0 radical (unpaired) electrons. The van der Waals surface area contributed by atoms with Crippen LogP contribution < -0.4 is 16.1 Å². The van der Waals surface area contributed by atoms with Gasteiger partial charge in [-0.3, -0.25) is 14.4 Å². The molecule has 0 saturated heterocycles. The van der Waals surface area contributed by atoms with Gasteiger partial charge >= 0.3 is 0 Å². The summed E-state index contributed by atoms with van der Waals surface area (Å²) in [4.78, 5) is 37.7. The lowest BCUT2D eigenvalue weighted by molar-refractivity contribution is -0.121. The third-order valence-corrected chi connectivity index (χ3v) is 2.96. The van der Waals surface area contributed by atoms with E-state index in [4.69, 9.17) is 0 Å². The summed E-state index contributed by atoms with van der Waals surface area (Å²) in [6, 6.07) is 1.49. The fraction of sp³-hybridized carbons (Fsp3) is 0.500. The van der Waals surface area contributed by atoms with Crippen LogP contribution in [-0.4, -0.2) is 29.4 Å². The van der Waals surface area contributed by atoms with Gasteiger partial charge in [-0.15, -0.1) is 0 Å². The zero-order valence-corrected chi connectivity index (χ0v) is 12.1. The highest BCUT2D eigenvalue weighted by Crippen LogP contribution is 1.93. The first-order chi connectivity index (χ1) is 9.43. The van der Waals surface area contributed by atoms with Gasteiger partial charge in [0, 0.05) is 37.0 Å². The Labute approximate surface area is 118 Å². The van der Waals surface area contributed by atoms with Crippen molar-refractivity contribution in [2.45, 2.75) is 39.7 Å². The van der Waals surface area contributed by atoms with Crippen molar-refractivity contribution in [3.63, 3.8) is 0 Å². The van der Waals surface area contributed by atoms with Crippen molar-refractivity contribution < 1.29 is 9.59 Å². The summed E-state index contributed by atoms with van der Waals surface area (Å²) >= 11 is 0. The van der Waals surface area contributed by atoms with Crippen molar-refractivity contribution in [2.75, 3.05) is 6.54 Å². The summed E-state index contributed by atoms with van der Waals surface area (Å²) < 4.78 is 0. The van der Waals surface area contributed by atoms with E-state index in [2.05, 4.69) is 15.6 Å². The molecule has 0 aliphatic carbocycles. The zero-order valence-electron chi connectivity index (χ0n) is 12.1. The highest BCUT2D eigenvalue weighted by molar-refractivity contribution is 5.94. The van der Waals surface area contributed by atoms with E-state index in [1.807, 2.05) is 13.8 Å². The standard InChI is InChI=1S/C14H21N3O3/c1-4-9(2)17-13(19)5-6-15-14(20)11-8-16-10(3)7-12(11)18/h7-9H,4-6H2,1-3H3,(H,15,20)(H,16,18)(H,17,19). The highest BCUT2D eigenvalue weighted by atomic mass is 16.2. The quantitative estimate of drug-likeness (QED) is 0.716. The minimum atomic E-state index is -0.470. The average molecular weight is 279 g/mol. The van der Waals surface area contributed by atoms with Gasteiger partial charge in [-0.25, -0.2) is 0 Å². The summed E-state index contributed by atoms with van der Waals surface area (Å²) in [5.74, 6) is -0.583. The van der Waals surface area contributed by atoms with Gasteiger partial charge in [0.05, 0.1) is 0 Å². The van der Waals surface area contributed by atoms with Crippen LogP contribution in [0.3, 0.4) is 0 Å². The van der Waals surface area contributed by atoms with E-state index in [1.54, 1.807) is 6.92 Å². The number of hydrogen-bond donors (Lipinski definition) is 3. The number of aromatic nitrogens is 1. The maximum absolute atomic E-state index is 11.8. The van der Waals surface area contributed by atoms with Crippen LogP contribution in [0, 0.1) is 6.92 Å². The Bertz CT molecular complexity index is 537. The molecule has 0 bridgehead atoms. The molecule has 0 aliphatic heterocycles. The Balaban J connectivity index is 2.44. The molecule has 1 unspecified atom stereocenters. The molecule has 2 amide bonds. The number of rotatable bonds is 6. The summed E-state index contributed by atoms with van der Waals surface area (Å²) in [5.41, 5.74) is 0.417. The first-order valence-corrected chi connectivity index (χ1v) is 6.71. The third kappa shape index (κ3) is 4.87. The normalized spacial score (nSPS) is 11.8. The molecule has 1 aromatic heterocycles. The van der Waals surface area contributed by atoms with Crippen LogP contribution in [0.15, 0.2) is 17.1 Å². The number of nitrogens with one attached hydrogen (secondary N) is 3. The van der Waals surface area contributed by atoms with Crippen LogP contribution >= 0.6 is 0 Å². The van der Waals surface area contributed by atoms with E-state index in [9.17, 15) is 14.4 Å². The Morgan fingerprint density at radius 2 is 2.10 bits per heavy atom. The molecule has 0 saturated carbocycles. The van der Waals surface area contributed by atoms with Gasteiger partial charge in [0.2, 0.25) is 5.91 Å². The van der Waals surface area contributed by atoms with Gasteiger partial charge in [0.15, 0.2) is 5.43 Å². The molecule has 0 aromatic carbocycles. The van der Waals surface area contributed by atoms with Crippen molar-refractivity contribution in [1.82, 2.24) is 15.6 Å². The number of H-pyrrole nitrogens is 1. The highest BCUT2D eigenvalue weighted by Gasteiger charge is 2.11. The summed E-state index contributed by atoms with van der Waals surface area (Å²) in [7, 11) is 0. The Morgan fingerprint density at radius 1 is 1.40 bits per heavy atom. The van der Waals surface area contributed by atoms with Crippen LogP contribution in [0.2, 0.25) is 0 Å². The number of carbonyl (C=O) groups excluding carboxylic acids is 2. The molecule has 6 nitrogen and oxygen atoms in total. The van der Waals surface area contributed by atoms with Crippen molar-refractivity contribution in [2.24, 2.45) is 0 Å². The molecule has 0 spiro atoms. The van der Waals surface area contributed by atoms with Crippen LogP contribution in [0.1, 0.15) is 42.7 Å². The second kappa shape index (κ2) is 7.47. The molecular weight excluding hydrogens is 258 g/mol. The van der Waals surface area contributed by atoms with E-state index in [0.29, 0.717) is 5.69 Å². The van der Waals surface area contributed by atoms with Crippen LogP contribution in [-0.2, 0) is 4.79 Å². The SMILES string of the molecule is CCC(C)NC(=O)CCNC(=O)c1c[nH]c(C)cc1=O. The van der Waals surface area contributed by atoms with Crippen LogP contribution in [0.4, 0.5) is 0 Å². The largest absolute Gasteiger partial charge is 0.364 e. The summed E-state index contributed by atoms with van der Waals surface area (Å²) in [5, 5.41) is 5.37. The predicted octanol–water partition coefficient (Wildman–Crippen LogP) is 0.718. The minimum absolute atomic E-state index is 0.0536. The first-order valence-electron chi connectivity index (χ1n) is 6.71. The number of pyridine rings is 1. The molecule has 1 rings (SSSR count). The molecule has 0 fully saturated rings. The summed E-state index contributed by atoms with van der Waals surface area (Å²) in [6.07, 6.45) is 2.43. The van der Waals surface area contributed by atoms with Crippen molar-refractivity contribution in [3.05, 3.63) is 33.7 Å². The predicted molar refractivity (Wildman–Crippen MR) is 76.6 cm³/mol. The maximum atomic E-state index is 11.8. The number of aryl methyl sites for hydroxylation is 1. The van der Waals surface area contributed by atoms with Gasteiger partial charge in [0.1, 0.15) is 5.56 Å². The van der Waals surface area contributed by atoms with Crippen LogP contribution in [0.25, 0.3) is 0 Å². The number of hydrogen-bond acceptors (Lipinski definition) is 3. The van der Waals surface area contributed by atoms with E-state index in [0.717, 1.165) is 6.42 Å². The second-order valence-corrected chi connectivity index (χ2v) is 4.78. The molecule has 6 heteroatoms. The maximum Gasteiger partial charge on any atom is 0.256 e. The third-order valence-electron chi connectivity index (χ3n) is 2.96. The number of aromatic amines is 1. The molecule has 110 valence electrons. The van der Waals surface area contributed by atoms with Gasteiger partial charge in [0.25, 0.3) is 5.91 Å². The van der Waals surface area contributed by atoms with Crippen molar-refractivity contribution in [3.8, 4) is 0 Å². The average Bonchev–Trinajstić information content (AvgIpc) is 2.38. The first kappa shape index (κ1) is 15.9. The monoisotopic (exact) mass is 279 g/mol. The zero-order chi connectivity index (χ0) is 15.1. The lowest BCUT2D eigenvalue weighted by Crippen LogP contribution is -2.36. The van der Waals surface area contributed by atoms with Crippen molar-refractivity contribution in [1.29, 1.82) is 0 Å². The Kier molecular flexibility index (Phi) is 5.96. The van der Waals surface area contributed by atoms with Gasteiger partial charge in [-0.2, -0.15) is 0 Å². The molecular formula is C14H21N3O3. The van der Waals surface area contributed by atoms with E-state index in [1.165, 1.54) is 12.3 Å². The van der Waals surface area contributed by atoms with E-state index >= 15 is 0 Å². The Morgan fingerprint density at radius 3 is 2.70 bits per heavy atom. The fourth-order valence-corrected chi connectivity index (χ4v) is 1.58. The second-order valence-electron chi connectivity index (χ2n) is 4.78. The van der Waals surface area contributed by atoms with Gasteiger partial charge < -0.3 is 15.6 Å². The van der Waals surface area contributed by atoms with Gasteiger partial charge in [-0.1, -0.05) is 6.92 Å². The molecule has 1 heterocycles. The van der Waals surface area contributed by atoms with Gasteiger partial charge in [-0.05, 0) is 20.3 Å². The van der Waals surface area contributed by atoms with E-state index < -0.39 is 5.91 Å². The molecule has 20 heavy (non-hydrogen) atoms. The van der Waals surface area contributed by atoms with Crippen molar-refractivity contribution >= 4 is 11.8 Å². The molecule has 1 aromatic rings. The molecule has 3 N–H and O–H groups in total. The fourth-order valence-electron chi connectivity index (χ4n) is 1.58. The Hall–Kier alpha value is -2.11. The van der Waals surface area contributed by atoms with E-state index in [-0.39, 0.29) is 35.9 Å².